The quantitative estimate of drug-likeness (QED) is 0.744. The maximum atomic E-state index is 12.1. The molecule has 1 atom stereocenters. The molecule has 86 valence electrons. The van der Waals surface area contributed by atoms with E-state index < -0.39 is 6.23 Å². The number of β-amino-alcohol motifs (C(OH)–C–C–N with tert-alkyl or cyclic N) is 1. The summed E-state index contributed by atoms with van der Waals surface area (Å²) in [6, 6.07) is 9.07. The fourth-order valence-corrected chi connectivity index (χ4v) is 1.88. The van der Waals surface area contributed by atoms with E-state index in [0.29, 0.717) is 18.7 Å². The van der Waals surface area contributed by atoms with Crippen molar-refractivity contribution in [2.45, 2.75) is 6.23 Å². The van der Waals surface area contributed by atoms with Gasteiger partial charge in [0.1, 0.15) is 6.23 Å². The summed E-state index contributed by atoms with van der Waals surface area (Å²) in [4.78, 5) is 15.6. The second-order valence-corrected chi connectivity index (χ2v) is 4.11. The molecule has 1 aromatic carbocycles. The van der Waals surface area contributed by atoms with Crippen molar-refractivity contribution in [3.8, 4) is 0 Å². The Balaban J connectivity index is 2.11. The van der Waals surface area contributed by atoms with Crippen LogP contribution in [0, 0.1) is 0 Å². The van der Waals surface area contributed by atoms with Crippen LogP contribution in [-0.4, -0.2) is 53.7 Å². The minimum absolute atomic E-state index is 0.0961. The number of rotatable bonds is 1. The van der Waals surface area contributed by atoms with Crippen molar-refractivity contribution in [2.24, 2.45) is 0 Å². The number of nitrogens with zero attached hydrogens (tertiary/aromatic N) is 2. The van der Waals surface area contributed by atoms with Gasteiger partial charge in [-0.3, -0.25) is 4.79 Å². The molecular weight excluding hydrogens is 204 g/mol. The van der Waals surface area contributed by atoms with Gasteiger partial charge in [-0.2, -0.15) is 0 Å². The number of carbonyl (C=O) groups is 1. The van der Waals surface area contributed by atoms with Crippen LogP contribution in [0.5, 0.6) is 0 Å². The van der Waals surface area contributed by atoms with Crippen molar-refractivity contribution in [1.82, 2.24) is 9.80 Å². The molecule has 1 fully saturated rings. The van der Waals surface area contributed by atoms with Crippen LogP contribution in [0.2, 0.25) is 0 Å². The van der Waals surface area contributed by atoms with Crippen LogP contribution in [0.3, 0.4) is 0 Å². The second kappa shape index (κ2) is 4.63. The molecule has 1 N–H and O–H groups in total. The summed E-state index contributed by atoms with van der Waals surface area (Å²) in [7, 11) is 1.94. The van der Waals surface area contributed by atoms with Crippen molar-refractivity contribution in [3.63, 3.8) is 0 Å². The highest BCUT2D eigenvalue weighted by Crippen LogP contribution is 2.11. The SMILES string of the molecule is CN1CCN(C(=O)c2ccccc2)C(O)C1. The number of amides is 1. The molecule has 1 unspecified atom stereocenters. The van der Waals surface area contributed by atoms with Gasteiger partial charge in [0.25, 0.3) is 5.91 Å². The lowest BCUT2D eigenvalue weighted by Crippen LogP contribution is -2.54. The molecule has 1 aromatic rings. The Kier molecular flexibility index (Phi) is 3.22. The van der Waals surface area contributed by atoms with Gasteiger partial charge in [-0.15, -0.1) is 0 Å². The van der Waals surface area contributed by atoms with E-state index in [9.17, 15) is 9.90 Å². The van der Waals surface area contributed by atoms with Crippen LogP contribution < -0.4 is 0 Å². The molecule has 2 rings (SSSR count). The summed E-state index contributed by atoms with van der Waals surface area (Å²) in [6.07, 6.45) is -0.702. The Hall–Kier alpha value is -1.39. The van der Waals surface area contributed by atoms with Crippen molar-refractivity contribution < 1.29 is 9.90 Å². The van der Waals surface area contributed by atoms with Gasteiger partial charge in [0.05, 0.1) is 0 Å². The largest absolute Gasteiger partial charge is 0.372 e. The highest BCUT2D eigenvalue weighted by Gasteiger charge is 2.27. The van der Waals surface area contributed by atoms with Crippen LogP contribution in [0.15, 0.2) is 30.3 Å². The summed E-state index contributed by atoms with van der Waals surface area (Å²) < 4.78 is 0. The first-order chi connectivity index (χ1) is 7.68. The van der Waals surface area contributed by atoms with Gasteiger partial charge in [-0.25, -0.2) is 0 Å². The highest BCUT2D eigenvalue weighted by molar-refractivity contribution is 5.94. The Labute approximate surface area is 95.1 Å². The number of aliphatic hydroxyl groups is 1. The molecule has 0 saturated carbocycles. The maximum Gasteiger partial charge on any atom is 0.255 e. The number of likely N-dealkylation sites (N-methyl/N-ethyl adjacent to an activating group) is 1. The van der Waals surface area contributed by atoms with Gasteiger partial charge >= 0.3 is 0 Å². The molecule has 0 radical (unpaired) electrons. The van der Waals surface area contributed by atoms with Gasteiger partial charge in [0.15, 0.2) is 0 Å². The van der Waals surface area contributed by atoms with Gasteiger partial charge < -0.3 is 14.9 Å². The topological polar surface area (TPSA) is 43.8 Å². The van der Waals surface area contributed by atoms with Crippen LogP contribution >= 0.6 is 0 Å². The zero-order valence-electron chi connectivity index (χ0n) is 9.34. The molecule has 0 aliphatic carbocycles. The second-order valence-electron chi connectivity index (χ2n) is 4.11. The smallest absolute Gasteiger partial charge is 0.255 e. The van der Waals surface area contributed by atoms with E-state index in [-0.39, 0.29) is 5.91 Å². The van der Waals surface area contributed by atoms with Gasteiger partial charge in [0.2, 0.25) is 0 Å². The van der Waals surface area contributed by atoms with Gasteiger partial charge in [-0.05, 0) is 19.2 Å². The molecule has 1 heterocycles. The predicted octanol–water partition coefficient (Wildman–Crippen LogP) is 0.393. The third kappa shape index (κ3) is 2.23. The Morgan fingerprint density at radius 2 is 2.00 bits per heavy atom. The highest BCUT2D eigenvalue weighted by atomic mass is 16.3. The van der Waals surface area contributed by atoms with E-state index in [2.05, 4.69) is 0 Å². The number of hydrogen-bond donors (Lipinski definition) is 1. The van der Waals surface area contributed by atoms with E-state index >= 15 is 0 Å². The summed E-state index contributed by atoms with van der Waals surface area (Å²) >= 11 is 0. The third-order valence-corrected chi connectivity index (χ3v) is 2.84. The Morgan fingerprint density at radius 1 is 1.31 bits per heavy atom. The third-order valence-electron chi connectivity index (χ3n) is 2.84. The molecule has 4 heteroatoms. The minimum atomic E-state index is -0.702. The molecule has 1 aliphatic heterocycles. The summed E-state index contributed by atoms with van der Waals surface area (Å²) in [6.45, 7) is 1.89. The van der Waals surface area contributed by atoms with Crippen molar-refractivity contribution in [2.75, 3.05) is 26.7 Å². The molecule has 0 aromatic heterocycles. The summed E-state index contributed by atoms with van der Waals surface area (Å²) in [5.74, 6) is -0.0961. The normalized spacial score (nSPS) is 22.1. The lowest BCUT2D eigenvalue weighted by Gasteiger charge is -2.36. The van der Waals surface area contributed by atoms with Crippen LogP contribution in [0.1, 0.15) is 10.4 Å². The van der Waals surface area contributed by atoms with E-state index in [1.165, 1.54) is 4.90 Å². The maximum absolute atomic E-state index is 12.1. The van der Waals surface area contributed by atoms with Crippen molar-refractivity contribution in [3.05, 3.63) is 35.9 Å². The summed E-state index contributed by atoms with van der Waals surface area (Å²) in [5.41, 5.74) is 0.631. The van der Waals surface area contributed by atoms with Crippen LogP contribution in [0.4, 0.5) is 0 Å². The molecule has 1 aliphatic rings. The average Bonchev–Trinajstić information content (AvgIpc) is 2.29. The minimum Gasteiger partial charge on any atom is -0.372 e. The van der Waals surface area contributed by atoms with Crippen LogP contribution in [-0.2, 0) is 0 Å². The van der Waals surface area contributed by atoms with Gasteiger partial charge in [0, 0.05) is 25.2 Å². The van der Waals surface area contributed by atoms with E-state index in [0.717, 1.165) is 6.54 Å². The summed E-state index contributed by atoms with van der Waals surface area (Å²) in [5, 5.41) is 9.83. The van der Waals surface area contributed by atoms with E-state index in [1.54, 1.807) is 12.1 Å². The number of benzene rings is 1. The average molecular weight is 220 g/mol. The molecule has 1 amide bonds. The zero-order valence-corrected chi connectivity index (χ0v) is 9.34. The molecule has 4 nitrogen and oxygen atoms in total. The Bertz CT molecular complexity index is 367. The first kappa shape index (κ1) is 11.1. The first-order valence-electron chi connectivity index (χ1n) is 5.41. The van der Waals surface area contributed by atoms with Gasteiger partial charge in [-0.1, -0.05) is 18.2 Å². The predicted molar refractivity (Wildman–Crippen MR) is 61.0 cm³/mol. The fraction of sp³-hybridized carbons (Fsp3) is 0.417. The lowest BCUT2D eigenvalue weighted by atomic mass is 10.2. The number of hydrogen-bond acceptors (Lipinski definition) is 3. The van der Waals surface area contributed by atoms with Crippen molar-refractivity contribution in [1.29, 1.82) is 0 Å². The first-order valence-corrected chi connectivity index (χ1v) is 5.41. The molecule has 0 bridgehead atoms. The number of carbonyl (C=O) groups excluding carboxylic acids is 1. The van der Waals surface area contributed by atoms with E-state index in [1.807, 2.05) is 30.1 Å². The van der Waals surface area contributed by atoms with E-state index in [4.69, 9.17) is 0 Å². The molecular formula is C12H16N2O2. The number of piperazine rings is 1. The standard InChI is InChI=1S/C12H16N2O2/c1-13-7-8-14(11(15)9-13)12(16)10-5-3-2-4-6-10/h2-6,11,15H,7-9H2,1H3. The lowest BCUT2D eigenvalue weighted by molar-refractivity contribution is -0.0335. The number of aliphatic hydroxyl groups excluding tert-OH is 1. The molecule has 16 heavy (non-hydrogen) atoms. The molecule has 1 saturated heterocycles. The monoisotopic (exact) mass is 220 g/mol. The fourth-order valence-electron chi connectivity index (χ4n) is 1.88. The Morgan fingerprint density at radius 3 is 2.62 bits per heavy atom. The van der Waals surface area contributed by atoms with Crippen molar-refractivity contribution >= 4 is 5.91 Å². The zero-order chi connectivity index (χ0) is 11.5. The van der Waals surface area contributed by atoms with Crippen LogP contribution in [0.25, 0.3) is 0 Å². The molecule has 0 spiro atoms.